The Kier molecular flexibility index (Phi) is 2.29. The first kappa shape index (κ1) is 9.51. The molecule has 0 N–H and O–H groups in total. The van der Waals surface area contributed by atoms with E-state index in [1.807, 2.05) is 0 Å². The van der Waals surface area contributed by atoms with Crippen molar-refractivity contribution in [1.29, 1.82) is 0 Å². The minimum absolute atomic E-state index is 0.0914. The summed E-state index contributed by atoms with van der Waals surface area (Å²) in [5, 5.41) is 0. The molecule has 15 heavy (non-hydrogen) atoms. The smallest absolute Gasteiger partial charge is 0.339 e. The Morgan fingerprint density at radius 1 is 1.53 bits per heavy atom. The van der Waals surface area contributed by atoms with Gasteiger partial charge in [-0.2, -0.15) is 0 Å². The third-order valence-electron chi connectivity index (χ3n) is 2.06. The SMILES string of the molecule is COC(=O)c1cnc2c(c1)CC(=O)C=N2. The van der Waals surface area contributed by atoms with Gasteiger partial charge < -0.3 is 4.74 Å². The van der Waals surface area contributed by atoms with E-state index in [0.29, 0.717) is 16.9 Å². The summed E-state index contributed by atoms with van der Waals surface area (Å²) in [5.41, 5.74) is 0.992. The van der Waals surface area contributed by atoms with E-state index in [1.165, 1.54) is 19.5 Å². The topological polar surface area (TPSA) is 68.6 Å². The van der Waals surface area contributed by atoms with Crippen LogP contribution in [0.5, 0.6) is 0 Å². The Labute approximate surface area is 85.8 Å². The van der Waals surface area contributed by atoms with Gasteiger partial charge in [0.1, 0.15) is 0 Å². The van der Waals surface area contributed by atoms with Crippen molar-refractivity contribution in [3.63, 3.8) is 0 Å². The Bertz CT molecular complexity index is 466. The second-order valence-corrected chi connectivity index (χ2v) is 3.10. The van der Waals surface area contributed by atoms with Gasteiger partial charge in [-0.1, -0.05) is 0 Å². The molecule has 1 aliphatic heterocycles. The molecule has 0 radical (unpaired) electrons. The van der Waals surface area contributed by atoms with Crippen LogP contribution in [0.1, 0.15) is 15.9 Å². The predicted octanol–water partition coefficient (Wildman–Crippen LogP) is 0.696. The minimum Gasteiger partial charge on any atom is -0.465 e. The van der Waals surface area contributed by atoms with Gasteiger partial charge in [0.2, 0.25) is 0 Å². The van der Waals surface area contributed by atoms with Gasteiger partial charge >= 0.3 is 5.97 Å². The molecule has 0 amide bonds. The Morgan fingerprint density at radius 2 is 2.33 bits per heavy atom. The molecule has 5 nitrogen and oxygen atoms in total. The van der Waals surface area contributed by atoms with Crippen molar-refractivity contribution in [1.82, 2.24) is 4.98 Å². The molecule has 0 unspecified atom stereocenters. The van der Waals surface area contributed by atoms with Gasteiger partial charge in [-0.05, 0) is 6.07 Å². The number of methoxy groups -OCH3 is 1. The average molecular weight is 204 g/mol. The van der Waals surface area contributed by atoms with E-state index in [1.54, 1.807) is 6.07 Å². The lowest BCUT2D eigenvalue weighted by Crippen LogP contribution is -2.11. The van der Waals surface area contributed by atoms with Gasteiger partial charge in [0.05, 0.1) is 18.9 Å². The van der Waals surface area contributed by atoms with Crippen LogP contribution in [0.2, 0.25) is 0 Å². The number of hydrogen-bond acceptors (Lipinski definition) is 5. The lowest BCUT2D eigenvalue weighted by molar-refractivity contribution is -0.112. The van der Waals surface area contributed by atoms with Crippen LogP contribution in [0, 0.1) is 0 Å². The maximum Gasteiger partial charge on any atom is 0.339 e. The highest BCUT2D eigenvalue weighted by Crippen LogP contribution is 2.20. The molecule has 0 saturated carbocycles. The summed E-state index contributed by atoms with van der Waals surface area (Å²) in [5.74, 6) is -0.0686. The Hall–Kier alpha value is -2.04. The number of ether oxygens (including phenoxy) is 1. The summed E-state index contributed by atoms with van der Waals surface area (Å²) < 4.78 is 4.55. The molecule has 0 aromatic carbocycles. The summed E-state index contributed by atoms with van der Waals surface area (Å²) in [6.07, 6.45) is 2.86. The van der Waals surface area contributed by atoms with Crippen LogP contribution < -0.4 is 0 Å². The Balaban J connectivity index is 2.42. The largest absolute Gasteiger partial charge is 0.465 e. The minimum atomic E-state index is -0.465. The lowest BCUT2D eigenvalue weighted by Gasteiger charge is -2.08. The quantitative estimate of drug-likeness (QED) is 0.631. The maximum absolute atomic E-state index is 11.2. The van der Waals surface area contributed by atoms with Crippen molar-refractivity contribution < 1.29 is 14.3 Å². The molecule has 2 heterocycles. The summed E-state index contributed by atoms with van der Waals surface area (Å²) in [4.78, 5) is 30.1. The van der Waals surface area contributed by atoms with E-state index < -0.39 is 5.97 Å². The molecule has 2 rings (SSSR count). The first-order valence-corrected chi connectivity index (χ1v) is 4.35. The summed E-state index contributed by atoms with van der Waals surface area (Å²) in [6, 6.07) is 1.59. The number of fused-ring (bicyclic) bond motifs is 1. The van der Waals surface area contributed by atoms with Crippen LogP contribution in [0.4, 0.5) is 5.82 Å². The fourth-order valence-electron chi connectivity index (χ4n) is 1.35. The zero-order valence-electron chi connectivity index (χ0n) is 8.06. The second kappa shape index (κ2) is 3.61. The lowest BCUT2D eigenvalue weighted by atomic mass is 10.1. The van der Waals surface area contributed by atoms with Gasteiger partial charge in [-0.3, -0.25) is 4.79 Å². The van der Waals surface area contributed by atoms with Gasteiger partial charge in [-0.25, -0.2) is 14.8 Å². The third-order valence-corrected chi connectivity index (χ3v) is 2.06. The molecular formula is C10H8N2O3. The number of hydrogen-bond donors (Lipinski definition) is 0. The standard InChI is InChI=1S/C10H8N2O3/c1-15-10(14)7-2-6-3-8(13)5-12-9(6)11-4-7/h2,4-5H,3H2,1H3. The summed E-state index contributed by atoms with van der Waals surface area (Å²) in [7, 11) is 1.30. The van der Waals surface area contributed by atoms with Crippen molar-refractivity contribution >= 4 is 23.8 Å². The highest BCUT2D eigenvalue weighted by atomic mass is 16.5. The van der Waals surface area contributed by atoms with Crippen LogP contribution >= 0.6 is 0 Å². The third kappa shape index (κ3) is 1.76. The molecule has 5 heteroatoms. The fraction of sp³-hybridized carbons (Fsp3) is 0.200. The monoisotopic (exact) mass is 204 g/mol. The van der Waals surface area contributed by atoms with Crippen LogP contribution in [-0.2, 0) is 16.0 Å². The Morgan fingerprint density at radius 3 is 3.07 bits per heavy atom. The number of aromatic nitrogens is 1. The number of esters is 1. The zero-order chi connectivity index (χ0) is 10.8. The fourth-order valence-corrected chi connectivity index (χ4v) is 1.35. The number of Topliss-reactive ketones (excluding diaryl/α,β-unsaturated/α-hetero) is 1. The molecule has 1 aliphatic rings. The molecule has 1 aromatic rings. The molecule has 76 valence electrons. The van der Waals surface area contributed by atoms with Gasteiger partial charge in [0.15, 0.2) is 11.6 Å². The molecule has 0 spiro atoms. The molecule has 0 fully saturated rings. The number of rotatable bonds is 1. The molecule has 1 aromatic heterocycles. The number of nitrogens with zero attached hydrogens (tertiary/aromatic N) is 2. The van der Waals surface area contributed by atoms with Crippen LogP contribution in [0.3, 0.4) is 0 Å². The summed E-state index contributed by atoms with van der Waals surface area (Å²) in [6.45, 7) is 0. The van der Waals surface area contributed by atoms with E-state index in [9.17, 15) is 9.59 Å². The maximum atomic E-state index is 11.2. The molecule has 0 atom stereocenters. The van der Waals surface area contributed by atoms with E-state index in [0.717, 1.165) is 0 Å². The van der Waals surface area contributed by atoms with Crippen LogP contribution in [0.25, 0.3) is 0 Å². The van der Waals surface area contributed by atoms with Crippen molar-refractivity contribution in [2.24, 2.45) is 4.99 Å². The van der Waals surface area contributed by atoms with Crippen molar-refractivity contribution in [2.45, 2.75) is 6.42 Å². The average Bonchev–Trinajstić information content (AvgIpc) is 2.27. The number of ketones is 1. The highest BCUT2D eigenvalue weighted by Gasteiger charge is 2.15. The van der Waals surface area contributed by atoms with Crippen LogP contribution in [-0.4, -0.2) is 30.1 Å². The summed E-state index contributed by atoms with van der Waals surface area (Å²) >= 11 is 0. The van der Waals surface area contributed by atoms with Gasteiger partial charge in [0.25, 0.3) is 0 Å². The number of pyridine rings is 1. The van der Waals surface area contributed by atoms with E-state index in [-0.39, 0.29) is 12.2 Å². The molecule has 0 bridgehead atoms. The van der Waals surface area contributed by atoms with Crippen LogP contribution in [0.15, 0.2) is 17.3 Å². The van der Waals surface area contributed by atoms with Crippen molar-refractivity contribution in [2.75, 3.05) is 7.11 Å². The number of carbonyl (C=O) groups excluding carboxylic acids is 2. The molecular weight excluding hydrogens is 196 g/mol. The zero-order valence-corrected chi connectivity index (χ0v) is 8.06. The van der Waals surface area contributed by atoms with Gasteiger partial charge in [0, 0.05) is 18.2 Å². The second-order valence-electron chi connectivity index (χ2n) is 3.10. The molecule has 0 saturated heterocycles. The van der Waals surface area contributed by atoms with Crippen molar-refractivity contribution in [3.05, 3.63) is 23.4 Å². The van der Waals surface area contributed by atoms with Crippen molar-refractivity contribution in [3.8, 4) is 0 Å². The highest BCUT2D eigenvalue weighted by molar-refractivity contribution is 6.29. The first-order valence-electron chi connectivity index (χ1n) is 4.35. The molecule has 0 aliphatic carbocycles. The van der Waals surface area contributed by atoms with E-state index >= 15 is 0 Å². The van der Waals surface area contributed by atoms with Gasteiger partial charge in [-0.15, -0.1) is 0 Å². The first-order chi connectivity index (χ1) is 7.20. The number of carbonyl (C=O) groups is 2. The predicted molar refractivity (Wildman–Crippen MR) is 52.4 cm³/mol. The van der Waals surface area contributed by atoms with E-state index in [2.05, 4.69) is 14.7 Å². The normalized spacial score (nSPS) is 13.5. The van der Waals surface area contributed by atoms with E-state index in [4.69, 9.17) is 0 Å². The number of aliphatic imine (C=N–C) groups is 1.